The fourth-order valence-electron chi connectivity index (χ4n) is 2.37. The van der Waals surface area contributed by atoms with Crippen molar-refractivity contribution < 1.29 is 14.6 Å². The highest BCUT2D eigenvalue weighted by atomic mass is 16.5. The van der Waals surface area contributed by atoms with Crippen LogP contribution in [0.5, 0.6) is 5.75 Å². The van der Waals surface area contributed by atoms with Crippen molar-refractivity contribution in [1.82, 2.24) is 0 Å². The SMILES string of the molecule is CC(C)Cc1ccc(C(C)Oc2cccc(C(=O)O)c2)cc1. The summed E-state index contributed by atoms with van der Waals surface area (Å²) in [6.45, 7) is 6.37. The highest BCUT2D eigenvalue weighted by Gasteiger charge is 2.10. The van der Waals surface area contributed by atoms with Gasteiger partial charge in [-0.1, -0.05) is 44.2 Å². The molecular formula is C19H22O3. The predicted molar refractivity (Wildman–Crippen MR) is 87.4 cm³/mol. The van der Waals surface area contributed by atoms with E-state index in [2.05, 4.69) is 38.1 Å². The van der Waals surface area contributed by atoms with E-state index in [0.29, 0.717) is 11.7 Å². The third kappa shape index (κ3) is 4.35. The van der Waals surface area contributed by atoms with Crippen molar-refractivity contribution in [2.75, 3.05) is 0 Å². The van der Waals surface area contributed by atoms with Gasteiger partial charge in [-0.05, 0) is 48.6 Å². The molecule has 0 amide bonds. The maximum Gasteiger partial charge on any atom is 0.335 e. The Hall–Kier alpha value is -2.29. The van der Waals surface area contributed by atoms with Gasteiger partial charge in [0.2, 0.25) is 0 Å². The molecule has 22 heavy (non-hydrogen) atoms. The van der Waals surface area contributed by atoms with Gasteiger partial charge in [0.1, 0.15) is 11.9 Å². The topological polar surface area (TPSA) is 46.5 Å². The molecule has 1 atom stereocenters. The molecule has 3 heteroatoms. The van der Waals surface area contributed by atoms with Gasteiger partial charge in [0.05, 0.1) is 5.56 Å². The van der Waals surface area contributed by atoms with E-state index in [0.717, 1.165) is 12.0 Å². The summed E-state index contributed by atoms with van der Waals surface area (Å²) in [5.74, 6) is 0.257. The van der Waals surface area contributed by atoms with Gasteiger partial charge in [0, 0.05) is 0 Å². The monoisotopic (exact) mass is 298 g/mol. The van der Waals surface area contributed by atoms with Crippen molar-refractivity contribution >= 4 is 5.97 Å². The van der Waals surface area contributed by atoms with Crippen LogP contribution in [0.4, 0.5) is 0 Å². The first kappa shape index (κ1) is 16.1. The third-order valence-electron chi connectivity index (χ3n) is 3.49. The number of aromatic carboxylic acids is 1. The van der Waals surface area contributed by atoms with Gasteiger partial charge in [-0.15, -0.1) is 0 Å². The van der Waals surface area contributed by atoms with Crippen LogP contribution >= 0.6 is 0 Å². The lowest BCUT2D eigenvalue weighted by molar-refractivity contribution is 0.0696. The highest BCUT2D eigenvalue weighted by molar-refractivity contribution is 5.88. The molecule has 0 aliphatic rings. The van der Waals surface area contributed by atoms with Crippen molar-refractivity contribution in [3.63, 3.8) is 0 Å². The molecule has 0 aromatic heterocycles. The molecule has 0 radical (unpaired) electrons. The summed E-state index contributed by atoms with van der Waals surface area (Å²) in [6.07, 6.45) is 0.938. The van der Waals surface area contributed by atoms with E-state index in [-0.39, 0.29) is 11.7 Å². The minimum Gasteiger partial charge on any atom is -0.486 e. The minimum absolute atomic E-state index is 0.128. The van der Waals surface area contributed by atoms with Crippen LogP contribution in [0.3, 0.4) is 0 Å². The zero-order chi connectivity index (χ0) is 16.1. The smallest absolute Gasteiger partial charge is 0.335 e. The zero-order valence-corrected chi connectivity index (χ0v) is 13.2. The Morgan fingerprint density at radius 2 is 1.77 bits per heavy atom. The largest absolute Gasteiger partial charge is 0.486 e. The van der Waals surface area contributed by atoms with E-state index in [9.17, 15) is 4.79 Å². The summed E-state index contributed by atoms with van der Waals surface area (Å²) < 4.78 is 5.85. The van der Waals surface area contributed by atoms with Crippen LogP contribution in [0.15, 0.2) is 48.5 Å². The van der Waals surface area contributed by atoms with Gasteiger partial charge in [0.15, 0.2) is 0 Å². The van der Waals surface area contributed by atoms with Gasteiger partial charge >= 0.3 is 5.97 Å². The molecule has 0 saturated carbocycles. The van der Waals surface area contributed by atoms with E-state index in [4.69, 9.17) is 9.84 Å². The first-order valence-corrected chi connectivity index (χ1v) is 7.54. The second-order valence-corrected chi connectivity index (χ2v) is 5.93. The van der Waals surface area contributed by atoms with E-state index >= 15 is 0 Å². The standard InChI is InChI=1S/C19H22O3/c1-13(2)11-15-7-9-16(10-8-15)14(3)22-18-6-4-5-17(12-18)19(20)21/h4-10,12-14H,11H2,1-3H3,(H,20,21). The van der Waals surface area contributed by atoms with Crippen molar-refractivity contribution in [1.29, 1.82) is 0 Å². The zero-order valence-electron chi connectivity index (χ0n) is 13.2. The normalized spacial score (nSPS) is 12.2. The average molecular weight is 298 g/mol. The lowest BCUT2D eigenvalue weighted by Gasteiger charge is -2.16. The predicted octanol–water partition coefficient (Wildman–Crippen LogP) is 4.72. The molecule has 0 saturated heterocycles. The number of rotatable bonds is 6. The van der Waals surface area contributed by atoms with Crippen molar-refractivity contribution in [3.05, 3.63) is 65.2 Å². The molecule has 0 bridgehead atoms. The second-order valence-electron chi connectivity index (χ2n) is 5.93. The quantitative estimate of drug-likeness (QED) is 0.839. The van der Waals surface area contributed by atoms with Gasteiger partial charge in [-0.3, -0.25) is 0 Å². The van der Waals surface area contributed by atoms with Crippen LogP contribution in [0.2, 0.25) is 0 Å². The molecule has 0 aliphatic heterocycles. The fraction of sp³-hybridized carbons (Fsp3) is 0.316. The second kappa shape index (κ2) is 7.12. The molecule has 2 aromatic rings. The average Bonchev–Trinajstić information content (AvgIpc) is 2.47. The van der Waals surface area contributed by atoms with Crippen molar-refractivity contribution in [2.45, 2.75) is 33.3 Å². The van der Waals surface area contributed by atoms with Gasteiger partial charge in [0.25, 0.3) is 0 Å². The Morgan fingerprint density at radius 3 is 2.36 bits per heavy atom. The molecule has 0 aliphatic carbocycles. The molecule has 2 aromatic carbocycles. The minimum atomic E-state index is -0.948. The molecule has 1 unspecified atom stereocenters. The Balaban J connectivity index is 2.07. The molecular weight excluding hydrogens is 276 g/mol. The molecule has 2 rings (SSSR count). The Labute approximate surface area is 131 Å². The molecule has 116 valence electrons. The Morgan fingerprint density at radius 1 is 1.09 bits per heavy atom. The summed E-state index contributed by atoms with van der Waals surface area (Å²) in [5.41, 5.74) is 2.63. The first-order valence-electron chi connectivity index (χ1n) is 7.54. The Bertz CT molecular complexity index is 629. The van der Waals surface area contributed by atoms with Gasteiger partial charge in [-0.25, -0.2) is 4.79 Å². The number of carboxylic acid groups (broad SMARTS) is 1. The number of carbonyl (C=O) groups is 1. The maximum absolute atomic E-state index is 11.0. The van der Waals surface area contributed by atoms with E-state index in [1.54, 1.807) is 24.3 Å². The Kier molecular flexibility index (Phi) is 5.21. The lowest BCUT2D eigenvalue weighted by Crippen LogP contribution is -2.04. The summed E-state index contributed by atoms with van der Waals surface area (Å²) in [5, 5.41) is 9.01. The number of hydrogen-bond donors (Lipinski definition) is 1. The van der Waals surface area contributed by atoms with Crippen LogP contribution in [0.1, 0.15) is 48.4 Å². The number of ether oxygens (including phenoxy) is 1. The molecule has 1 N–H and O–H groups in total. The first-order chi connectivity index (χ1) is 10.5. The van der Waals surface area contributed by atoms with Crippen LogP contribution in [-0.4, -0.2) is 11.1 Å². The van der Waals surface area contributed by atoms with Crippen molar-refractivity contribution in [3.8, 4) is 5.75 Å². The van der Waals surface area contributed by atoms with E-state index in [1.807, 2.05) is 6.92 Å². The summed E-state index contributed by atoms with van der Waals surface area (Å²) in [7, 11) is 0. The third-order valence-corrected chi connectivity index (χ3v) is 3.49. The number of hydrogen-bond acceptors (Lipinski definition) is 2. The van der Waals surface area contributed by atoms with Crippen molar-refractivity contribution in [2.24, 2.45) is 5.92 Å². The summed E-state index contributed by atoms with van der Waals surface area (Å²) in [6, 6.07) is 15.0. The molecule has 3 nitrogen and oxygen atoms in total. The van der Waals surface area contributed by atoms with Crippen LogP contribution < -0.4 is 4.74 Å². The fourth-order valence-corrected chi connectivity index (χ4v) is 2.37. The van der Waals surface area contributed by atoms with E-state index < -0.39 is 5.97 Å². The highest BCUT2D eigenvalue weighted by Crippen LogP contribution is 2.23. The molecule has 0 spiro atoms. The summed E-state index contributed by atoms with van der Waals surface area (Å²) >= 11 is 0. The van der Waals surface area contributed by atoms with Crippen LogP contribution in [0.25, 0.3) is 0 Å². The van der Waals surface area contributed by atoms with Crippen LogP contribution in [-0.2, 0) is 6.42 Å². The maximum atomic E-state index is 11.0. The number of benzene rings is 2. The molecule has 0 fully saturated rings. The lowest BCUT2D eigenvalue weighted by atomic mass is 10.0. The van der Waals surface area contributed by atoms with Crippen LogP contribution in [0, 0.1) is 5.92 Å². The summed E-state index contributed by atoms with van der Waals surface area (Å²) in [4.78, 5) is 11.0. The van der Waals surface area contributed by atoms with Gasteiger partial charge < -0.3 is 9.84 Å². The van der Waals surface area contributed by atoms with E-state index in [1.165, 1.54) is 5.56 Å². The van der Waals surface area contributed by atoms with Gasteiger partial charge in [-0.2, -0.15) is 0 Å². The number of carboxylic acids is 1. The molecule has 0 heterocycles.